The molecule has 1 aliphatic carbocycles. The first-order valence-electron chi connectivity index (χ1n) is 4.90. The Labute approximate surface area is 92.9 Å². The predicted octanol–water partition coefficient (Wildman–Crippen LogP) is 2.25. The lowest BCUT2D eigenvalue weighted by atomic mass is 9.91. The highest BCUT2D eigenvalue weighted by Crippen LogP contribution is 2.53. The molecular weight excluding hydrogens is 217 g/mol. The van der Waals surface area contributed by atoms with Crippen LogP contribution in [0.4, 0.5) is 4.39 Å². The predicted molar refractivity (Wildman–Crippen MR) is 57.1 cm³/mol. The van der Waals surface area contributed by atoms with E-state index in [2.05, 4.69) is 0 Å². The Bertz CT molecular complexity index is 379. The summed E-state index contributed by atoms with van der Waals surface area (Å²) in [7, 11) is 0. The minimum Gasteiger partial charge on any atom is -0.396 e. The third kappa shape index (κ3) is 1.87. The highest BCUT2D eigenvalue weighted by Gasteiger charge is 2.48. The van der Waals surface area contributed by atoms with E-state index in [-0.39, 0.29) is 17.8 Å². The van der Waals surface area contributed by atoms with Crippen molar-refractivity contribution >= 4 is 11.6 Å². The summed E-state index contributed by atoms with van der Waals surface area (Å²) in [5, 5.41) is 9.68. The largest absolute Gasteiger partial charge is 0.396 e. The van der Waals surface area contributed by atoms with Crippen molar-refractivity contribution in [2.24, 2.45) is 11.1 Å². The van der Waals surface area contributed by atoms with Crippen LogP contribution >= 0.6 is 11.6 Å². The molecule has 2 nitrogen and oxygen atoms in total. The fraction of sp³-hybridized carbons (Fsp3) is 0.455. The fourth-order valence-corrected chi connectivity index (χ4v) is 1.99. The Hall–Kier alpha value is -0.640. The summed E-state index contributed by atoms with van der Waals surface area (Å²) in [4.78, 5) is 0. The van der Waals surface area contributed by atoms with E-state index in [1.165, 1.54) is 18.2 Å². The van der Waals surface area contributed by atoms with Crippen LogP contribution in [-0.4, -0.2) is 11.7 Å². The summed E-state index contributed by atoms with van der Waals surface area (Å²) in [5.74, 6) is -0.355. The first-order valence-corrected chi connectivity index (χ1v) is 5.28. The van der Waals surface area contributed by atoms with Crippen molar-refractivity contribution in [1.82, 2.24) is 0 Å². The van der Waals surface area contributed by atoms with Gasteiger partial charge in [0.25, 0.3) is 0 Å². The Morgan fingerprint density at radius 2 is 2.20 bits per heavy atom. The molecule has 82 valence electrons. The van der Waals surface area contributed by atoms with Crippen molar-refractivity contribution in [2.45, 2.75) is 18.9 Å². The van der Waals surface area contributed by atoms with Gasteiger partial charge in [-0.2, -0.15) is 0 Å². The highest BCUT2D eigenvalue weighted by molar-refractivity contribution is 6.30. The zero-order valence-corrected chi connectivity index (χ0v) is 8.97. The van der Waals surface area contributed by atoms with Gasteiger partial charge in [-0.15, -0.1) is 0 Å². The molecule has 15 heavy (non-hydrogen) atoms. The summed E-state index contributed by atoms with van der Waals surface area (Å²) < 4.78 is 13.5. The van der Waals surface area contributed by atoms with E-state index in [1.807, 2.05) is 0 Å². The first kappa shape index (κ1) is 10.9. The number of hydrogen-bond acceptors (Lipinski definition) is 2. The molecule has 4 heteroatoms. The van der Waals surface area contributed by atoms with E-state index in [0.717, 1.165) is 12.8 Å². The zero-order valence-electron chi connectivity index (χ0n) is 8.21. The molecule has 0 saturated heterocycles. The number of nitrogens with two attached hydrogens (primary N) is 1. The van der Waals surface area contributed by atoms with Crippen LogP contribution in [0.25, 0.3) is 0 Å². The van der Waals surface area contributed by atoms with Crippen LogP contribution in [0, 0.1) is 11.2 Å². The molecule has 2 rings (SSSR count). The molecule has 1 atom stereocenters. The van der Waals surface area contributed by atoms with Crippen molar-refractivity contribution in [3.8, 4) is 0 Å². The van der Waals surface area contributed by atoms with E-state index in [0.29, 0.717) is 10.6 Å². The lowest BCUT2D eigenvalue weighted by molar-refractivity contribution is 0.186. The number of benzene rings is 1. The fourth-order valence-electron chi connectivity index (χ4n) is 1.81. The van der Waals surface area contributed by atoms with E-state index < -0.39 is 6.04 Å². The van der Waals surface area contributed by atoms with Gasteiger partial charge in [0.05, 0.1) is 6.61 Å². The number of hydrogen-bond donors (Lipinski definition) is 2. The standard InChI is InChI=1S/C11H13ClFNO/c12-7-1-2-9(13)8(5-7)10(14)11(6-15)3-4-11/h1-2,5,10,15H,3-4,6,14H2. The molecule has 1 fully saturated rings. The molecular formula is C11H13ClFNO. The summed E-state index contributed by atoms with van der Waals surface area (Å²) in [6.45, 7) is 0.000119. The van der Waals surface area contributed by atoms with E-state index >= 15 is 0 Å². The lowest BCUT2D eigenvalue weighted by Gasteiger charge is -2.22. The number of rotatable bonds is 3. The maximum Gasteiger partial charge on any atom is 0.128 e. The summed E-state index contributed by atoms with van der Waals surface area (Å²) in [5.41, 5.74) is 6.03. The molecule has 0 aliphatic heterocycles. The van der Waals surface area contributed by atoms with Crippen LogP contribution in [0.15, 0.2) is 18.2 Å². The number of aliphatic hydroxyl groups is 1. The van der Waals surface area contributed by atoms with Crippen molar-refractivity contribution in [3.63, 3.8) is 0 Å². The second-order valence-electron chi connectivity index (χ2n) is 4.16. The number of aliphatic hydroxyl groups excluding tert-OH is 1. The lowest BCUT2D eigenvalue weighted by Crippen LogP contribution is -2.26. The van der Waals surface area contributed by atoms with Crippen molar-refractivity contribution in [1.29, 1.82) is 0 Å². The molecule has 0 radical (unpaired) electrons. The molecule has 0 bridgehead atoms. The second kappa shape index (κ2) is 3.74. The summed E-state index contributed by atoms with van der Waals surface area (Å²) >= 11 is 5.79. The zero-order chi connectivity index (χ0) is 11.1. The van der Waals surface area contributed by atoms with E-state index in [9.17, 15) is 9.50 Å². The summed E-state index contributed by atoms with van der Waals surface area (Å²) in [6.07, 6.45) is 1.69. The summed E-state index contributed by atoms with van der Waals surface area (Å²) in [6, 6.07) is 3.87. The monoisotopic (exact) mass is 229 g/mol. The average Bonchev–Trinajstić information content (AvgIpc) is 3.01. The Morgan fingerprint density at radius 1 is 1.53 bits per heavy atom. The van der Waals surface area contributed by atoms with Crippen molar-refractivity contribution < 1.29 is 9.50 Å². The molecule has 1 unspecified atom stereocenters. The quantitative estimate of drug-likeness (QED) is 0.835. The maximum atomic E-state index is 13.5. The molecule has 3 N–H and O–H groups in total. The average molecular weight is 230 g/mol. The Morgan fingerprint density at radius 3 is 2.73 bits per heavy atom. The molecule has 1 saturated carbocycles. The number of halogens is 2. The van der Waals surface area contributed by atoms with Gasteiger partial charge in [0.2, 0.25) is 0 Å². The van der Waals surface area contributed by atoms with Gasteiger partial charge in [0, 0.05) is 22.0 Å². The molecule has 1 aliphatic rings. The van der Waals surface area contributed by atoms with Gasteiger partial charge in [-0.25, -0.2) is 4.39 Å². The van der Waals surface area contributed by atoms with Gasteiger partial charge in [-0.3, -0.25) is 0 Å². The van der Waals surface area contributed by atoms with Crippen molar-refractivity contribution in [2.75, 3.05) is 6.61 Å². The van der Waals surface area contributed by atoms with Crippen LogP contribution in [0.5, 0.6) is 0 Å². The van der Waals surface area contributed by atoms with E-state index in [4.69, 9.17) is 17.3 Å². The van der Waals surface area contributed by atoms with Crippen LogP contribution in [0.2, 0.25) is 5.02 Å². The van der Waals surface area contributed by atoms with E-state index in [1.54, 1.807) is 0 Å². The topological polar surface area (TPSA) is 46.2 Å². The molecule has 0 aromatic heterocycles. The normalized spacial score (nSPS) is 20.0. The van der Waals surface area contributed by atoms with Crippen LogP contribution in [-0.2, 0) is 0 Å². The maximum absolute atomic E-state index is 13.5. The molecule has 0 amide bonds. The highest BCUT2D eigenvalue weighted by atomic mass is 35.5. The van der Waals surface area contributed by atoms with Crippen molar-refractivity contribution in [3.05, 3.63) is 34.6 Å². The van der Waals surface area contributed by atoms with Gasteiger partial charge >= 0.3 is 0 Å². The Balaban J connectivity index is 2.32. The van der Waals surface area contributed by atoms with Gasteiger partial charge in [0.15, 0.2) is 0 Å². The first-order chi connectivity index (χ1) is 7.09. The molecule has 0 spiro atoms. The van der Waals surface area contributed by atoms with Gasteiger partial charge in [0.1, 0.15) is 5.82 Å². The van der Waals surface area contributed by atoms with Crippen LogP contribution in [0.3, 0.4) is 0 Å². The minimum absolute atomic E-state index is 0.000119. The molecule has 1 aromatic carbocycles. The van der Waals surface area contributed by atoms with Gasteiger partial charge in [-0.1, -0.05) is 11.6 Å². The van der Waals surface area contributed by atoms with Crippen LogP contribution < -0.4 is 5.73 Å². The Kier molecular flexibility index (Phi) is 2.71. The van der Waals surface area contributed by atoms with Gasteiger partial charge in [-0.05, 0) is 31.0 Å². The third-order valence-electron chi connectivity index (χ3n) is 3.16. The van der Waals surface area contributed by atoms with Gasteiger partial charge < -0.3 is 10.8 Å². The third-order valence-corrected chi connectivity index (χ3v) is 3.40. The second-order valence-corrected chi connectivity index (χ2v) is 4.60. The molecule has 0 heterocycles. The SMILES string of the molecule is NC(c1cc(Cl)ccc1F)C1(CO)CC1. The van der Waals surface area contributed by atoms with Crippen LogP contribution in [0.1, 0.15) is 24.4 Å². The minimum atomic E-state index is -0.471. The smallest absolute Gasteiger partial charge is 0.128 e. The molecule has 1 aromatic rings.